The van der Waals surface area contributed by atoms with Gasteiger partial charge in [-0.25, -0.2) is 4.79 Å². The Labute approximate surface area is 96.4 Å². The van der Waals surface area contributed by atoms with E-state index in [1.165, 1.54) is 4.90 Å². The van der Waals surface area contributed by atoms with Crippen molar-refractivity contribution in [3.63, 3.8) is 0 Å². The molecule has 0 aromatic carbocycles. The van der Waals surface area contributed by atoms with Crippen molar-refractivity contribution in [3.05, 3.63) is 0 Å². The van der Waals surface area contributed by atoms with Gasteiger partial charge in [0, 0.05) is 26.2 Å². The van der Waals surface area contributed by atoms with Gasteiger partial charge in [-0.2, -0.15) is 0 Å². The molecular formula is C11H22N2O3. The van der Waals surface area contributed by atoms with Gasteiger partial charge in [-0.05, 0) is 11.8 Å². The van der Waals surface area contributed by atoms with Crippen molar-refractivity contribution in [1.82, 2.24) is 10.2 Å². The van der Waals surface area contributed by atoms with Crippen molar-refractivity contribution >= 4 is 6.09 Å². The number of carboxylic acid groups (broad SMARTS) is 1. The van der Waals surface area contributed by atoms with Crippen LogP contribution in [-0.2, 0) is 0 Å². The summed E-state index contributed by atoms with van der Waals surface area (Å²) in [5, 5.41) is 21.7. The molecular weight excluding hydrogens is 208 g/mol. The number of hydrogen-bond donors (Lipinski definition) is 3. The number of amides is 1. The SMILES string of the molecule is CC(C)(C)[C@@]1(CCO)CNCCN1C(=O)O. The average molecular weight is 230 g/mol. The molecule has 0 unspecified atom stereocenters. The summed E-state index contributed by atoms with van der Waals surface area (Å²) in [6.07, 6.45) is -0.430. The zero-order chi connectivity index (χ0) is 12.4. The Morgan fingerprint density at radius 2 is 2.12 bits per heavy atom. The maximum atomic E-state index is 11.3. The van der Waals surface area contributed by atoms with E-state index in [1.807, 2.05) is 20.8 Å². The summed E-state index contributed by atoms with van der Waals surface area (Å²) in [4.78, 5) is 12.8. The molecule has 94 valence electrons. The van der Waals surface area contributed by atoms with Crippen molar-refractivity contribution in [1.29, 1.82) is 0 Å². The third-order valence-corrected chi connectivity index (χ3v) is 3.60. The summed E-state index contributed by atoms with van der Waals surface area (Å²) in [5.74, 6) is 0. The first-order valence-corrected chi connectivity index (χ1v) is 5.67. The number of nitrogens with one attached hydrogen (secondary N) is 1. The van der Waals surface area contributed by atoms with Gasteiger partial charge in [-0.15, -0.1) is 0 Å². The van der Waals surface area contributed by atoms with Gasteiger partial charge in [-0.3, -0.25) is 4.90 Å². The standard InChI is InChI=1S/C11H22N2O3/c1-10(2,3)11(4-7-14)8-12-5-6-13(11)9(15)16/h12,14H,4-8H2,1-3H3,(H,15,16)/t11-/m1/s1. The minimum Gasteiger partial charge on any atom is -0.465 e. The quantitative estimate of drug-likeness (QED) is 0.654. The van der Waals surface area contributed by atoms with Gasteiger partial charge in [0.05, 0.1) is 5.54 Å². The van der Waals surface area contributed by atoms with Crippen LogP contribution in [0.15, 0.2) is 0 Å². The van der Waals surface area contributed by atoms with Gasteiger partial charge in [0.2, 0.25) is 0 Å². The zero-order valence-corrected chi connectivity index (χ0v) is 10.3. The third-order valence-electron chi connectivity index (χ3n) is 3.60. The fourth-order valence-electron chi connectivity index (χ4n) is 2.53. The Kier molecular flexibility index (Phi) is 3.80. The van der Waals surface area contributed by atoms with Crippen LogP contribution in [0.4, 0.5) is 4.79 Å². The topological polar surface area (TPSA) is 72.8 Å². The number of hydrogen-bond acceptors (Lipinski definition) is 3. The van der Waals surface area contributed by atoms with Gasteiger partial charge in [0.1, 0.15) is 0 Å². The van der Waals surface area contributed by atoms with Crippen molar-refractivity contribution < 1.29 is 15.0 Å². The maximum absolute atomic E-state index is 11.3. The fraction of sp³-hybridized carbons (Fsp3) is 0.909. The van der Waals surface area contributed by atoms with Crippen molar-refractivity contribution in [3.8, 4) is 0 Å². The molecule has 0 aromatic heterocycles. The fourth-order valence-corrected chi connectivity index (χ4v) is 2.53. The third kappa shape index (κ3) is 2.15. The molecule has 0 bridgehead atoms. The van der Waals surface area contributed by atoms with Gasteiger partial charge in [0.15, 0.2) is 0 Å². The number of nitrogens with zero attached hydrogens (tertiary/aromatic N) is 1. The van der Waals surface area contributed by atoms with Crippen LogP contribution in [0, 0.1) is 5.41 Å². The zero-order valence-electron chi connectivity index (χ0n) is 10.3. The molecule has 5 heteroatoms. The Hall–Kier alpha value is -0.810. The molecule has 5 nitrogen and oxygen atoms in total. The Balaban J connectivity index is 3.08. The lowest BCUT2D eigenvalue weighted by atomic mass is 9.69. The highest BCUT2D eigenvalue weighted by molar-refractivity contribution is 5.66. The first-order valence-electron chi connectivity index (χ1n) is 5.67. The van der Waals surface area contributed by atoms with E-state index in [4.69, 9.17) is 0 Å². The number of aliphatic hydroxyl groups excluding tert-OH is 1. The molecule has 1 heterocycles. The Bertz CT molecular complexity index is 258. The highest BCUT2D eigenvalue weighted by atomic mass is 16.4. The van der Waals surface area contributed by atoms with E-state index in [1.54, 1.807) is 0 Å². The van der Waals surface area contributed by atoms with Gasteiger partial charge in [0.25, 0.3) is 0 Å². The molecule has 16 heavy (non-hydrogen) atoms. The average Bonchev–Trinajstić information content (AvgIpc) is 2.16. The molecule has 0 saturated carbocycles. The molecule has 1 amide bonds. The minimum atomic E-state index is -0.898. The summed E-state index contributed by atoms with van der Waals surface area (Å²) >= 11 is 0. The molecule has 1 atom stereocenters. The van der Waals surface area contributed by atoms with Crippen LogP contribution in [0.2, 0.25) is 0 Å². The second-order valence-electron chi connectivity index (χ2n) is 5.37. The number of carbonyl (C=O) groups is 1. The number of rotatable bonds is 2. The van der Waals surface area contributed by atoms with Crippen molar-refractivity contribution in [2.75, 3.05) is 26.2 Å². The molecule has 1 aliphatic heterocycles. The normalized spacial score (nSPS) is 26.9. The van der Waals surface area contributed by atoms with Crippen LogP contribution in [0.1, 0.15) is 27.2 Å². The molecule has 0 radical (unpaired) electrons. The maximum Gasteiger partial charge on any atom is 0.407 e. The van der Waals surface area contributed by atoms with E-state index in [0.717, 1.165) is 0 Å². The van der Waals surface area contributed by atoms with Crippen LogP contribution in [0.25, 0.3) is 0 Å². The predicted octanol–water partition coefficient (Wildman–Crippen LogP) is 0.737. The van der Waals surface area contributed by atoms with E-state index >= 15 is 0 Å². The highest BCUT2D eigenvalue weighted by Crippen LogP contribution is 2.39. The lowest BCUT2D eigenvalue weighted by Gasteiger charge is -2.53. The monoisotopic (exact) mass is 230 g/mol. The van der Waals surface area contributed by atoms with E-state index in [-0.39, 0.29) is 12.0 Å². The van der Waals surface area contributed by atoms with Gasteiger partial charge >= 0.3 is 6.09 Å². The van der Waals surface area contributed by atoms with Crippen LogP contribution in [0.5, 0.6) is 0 Å². The number of piperazine rings is 1. The van der Waals surface area contributed by atoms with Crippen molar-refractivity contribution in [2.24, 2.45) is 5.41 Å². The van der Waals surface area contributed by atoms with Crippen LogP contribution >= 0.6 is 0 Å². The first-order chi connectivity index (χ1) is 7.35. The van der Waals surface area contributed by atoms with E-state index < -0.39 is 11.6 Å². The molecule has 0 aliphatic carbocycles. The van der Waals surface area contributed by atoms with E-state index in [2.05, 4.69) is 5.32 Å². The van der Waals surface area contributed by atoms with Gasteiger partial charge < -0.3 is 15.5 Å². The second kappa shape index (κ2) is 4.59. The summed E-state index contributed by atoms with van der Waals surface area (Å²) in [7, 11) is 0. The second-order valence-corrected chi connectivity index (χ2v) is 5.37. The molecule has 1 rings (SSSR count). The lowest BCUT2D eigenvalue weighted by molar-refractivity contribution is -0.0289. The van der Waals surface area contributed by atoms with Crippen LogP contribution in [-0.4, -0.2) is 53.0 Å². The predicted molar refractivity (Wildman–Crippen MR) is 61.5 cm³/mol. The molecule has 0 aromatic rings. The van der Waals surface area contributed by atoms with E-state index in [9.17, 15) is 15.0 Å². The first kappa shape index (κ1) is 13.3. The molecule has 1 aliphatic rings. The Morgan fingerprint density at radius 3 is 2.56 bits per heavy atom. The minimum absolute atomic E-state index is 0.00271. The summed E-state index contributed by atoms with van der Waals surface area (Å²) in [6, 6.07) is 0. The van der Waals surface area contributed by atoms with Crippen LogP contribution < -0.4 is 5.32 Å². The highest BCUT2D eigenvalue weighted by Gasteiger charge is 2.49. The Morgan fingerprint density at radius 1 is 1.50 bits per heavy atom. The van der Waals surface area contributed by atoms with Crippen LogP contribution in [0.3, 0.4) is 0 Å². The van der Waals surface area contributed by atoms with Gasteiger partial charge in [-0.1, -0.05) is 20.8 Å². The molecule has 0 spiro atoms. The summed E-state index contributed by atoms with van der Waals surface area (Å²) in [5.41, 5.74) is -0.729. The molecule has 1 fully saturated rings. The smallest absolute Gasteiger partial charge is 0.407 e. The summed E-state index contributed by atoms with van der Waals surface area (Å²) < 4.78 is 0. The molecule has 1 saturated heterocycles. The van der Waals surface area contributed by atoms with Crippen molar-refractivity contribution in [2.45, 2.75) is 32.7 Å². The summed E-state index contributed by atoms with van der Waals surface area (Å²) in [6.45, 7) is 7.82. The lowest BCUT2D eigenvalue weighted by Crippen LogP contribution is -2.68. The molecule has 3 N–H and O–H groups in total. The number of aliphatic hydroxyl groups is 1. The van der Waals surface area contributed by atoms with E-state index in [0.29, 0.717) is 26.1 Å². The largest absolute Gasteiger partial charge is 0.465 e.